The average molecular weight is 277 g/mol. The third-order valence-corrected chi connectivity index (χ3v) is 3.98. The van der Waals surface area contributed by atoms with E-state index in [4.69, 9.17) is 10.2 Å². The first-order chi connectivity index (χ1) is 9.56. The van der Waals surface area contributed by atoms with Crippen LogP contribution in [0.3, 0.4) is 0 Å². The van der Waals surface area contributed by atoms with E-state index in [1.165, 1.54) is 6.42 Å². The van der Waals surface area contributed by atoms with Crippen LogP contribution in [-0.2, 0) is 0 Å². The molecule has 3 rings (SSSR count). The van der Waals surface area contributed by atoms with Crippen LogP contribution in [0, 0.1) is 0 Å². The Balaban J connectivity index is 1.79. The fourth-order valence-corrected chi connectivity index (χ4v) is 2.81. The Labute approximate surface area is 116 Å². The van der Waals surface area contributed by atoms with Crippen LogP contribution >= 0.6 is 0 Å². The molecule has 1 aromatic carbocycles. The van der Waals surface area contributed by atoms with Gasteiger partial charge in [-0.15, -0.1) is 0 Å². The molecule has 0 amide bonds. The summed E-state index contributed by atoms with van der Waals surface area (Å²) >= 11 is 0. The van der Waals surface area contributed by atoms with Gasteiger partial charge in [-0.2, -0.15) is 0 Å². The minimum atomic E-state index is -0.663. The highest BCUT2D eigenvalue weighted by molar-refractivity contribution is 5.85. The van der Waals surface area contributed by atoms with Gasteiger partial charge in [-0.1, -0.05) is 19.3 Å². The average Bonchev–Trinajstić information content (AvgIpc) is 2.76. The van der Waals surface area contributed by atoms with Crippen molar-refractivity contribution in [2.24, 2.45) is 0 Å². The summed E-state index contributed by atoms with van der Waals surface area (Å²) in [4.78, 5) is 13.7. The summed E-state index contributed by atoms with van der Waals surface area (Å²) in [6.07, 6.45) is 4.92. The number of nitrogens with two attached hydrogens (primary N) is 1. The molecule has 1 fully saturated rings. The van der Waals surface area contributed by atoms with Crippen molar-refractivity contribution >= 4 is 22.5 Å². The van der Waals surface area contributed by atoms with Gasteiger partial charge in [0.25, 0.3) is 0 Å². The van der Waals surface area contributed by atoms with Gasteiger partial charge in [-0.3, -0.25) is 4.98 Å². The molecule has 5 N–H and O–H groups in total. The van der Waals surface area contributed by atoms with Gasteiger partial charge < -0.3 is 20.6 Å². The van der Waals surface area contributed by atoms with Gasteiger partial charge in [-0.25, -0.2) is 4.79 Å². The van der Waals surface area contributed by atoms with Crippen molar-refractivity contribution in [2.75, 3.05) is 17.6 Å². The normalized spacial score (nSPS) is 18.2. The number of oxazole rings is 1. The predicted molar refractivity (Wildman–Crippen MR) is 77.8 cm³/mol. The maximum absolute atomic E-state index is 11.1. The first-order valence-electron chi connectivity index (χ1n) is 6.94. The molecular weight excluding hydrogens is 258 g/mol. The molecule has 1 aliphatic rings. The van der Waals surface area contributed by atoms with Crippen LogP contribution < -0.4 is 16.8 Å². The van der Waals surface area contributed by atoms with E-state index in [9.17, 15) is 9.90 Å². The summed E-state index contributed by atoms with van der Waals surface area (Å²) in [5, 5.41) is 13.6. The first-order valence-corrected chi connectivity index (χ1v) is 6.94. The Morgan fingerprint density at radius 2 is 2.10 bits per heavy atom. The van der Waals surface area contributed by atoms with Crippen molar-refractivity contribution in [1.29, 1.82) is 0 Å². The molecule has 0 radical (unpaired) electrons. The second-order valence-corrected chi connectivity index (χ2v) is 5.59. The number of H-pyrrole nitrogens is 1. The molecule has 0 saturated heterocycles. The van der Waals surface area contributed by atoms with Gasteiger partial charge in [0.15, 0.2) is 5.58 Å². The van der Waals surface area contributed by atoms with Crippen LogP contribution in [-0.4, -0.2) is 22.2 Å². The minimum absolute atomic E-state index is 0.439. The van der Waals surface area contributed by atoms with Crippen LogP contribution in [0.4, 0.5) is 11.4 Å². The van der Waals surface area contributed by atoms with Crippen molar-refractivity contribution in [3.63, 3.8) is 0 Å². The van der Waals surface area contributed by atoms with Crippen molar-refractivity contribution in [3.05, 3.63) is 22.7 Å². The van der Waals surface area contributed by atoms with Crippen LogP contribution in [0.5, 0.6) is 0 Å². The summed E-state index contributed by atoms with van der Waals surface area (Å²) in [5.41, 5.74) is 7.51. The molecule has 1 aliphatic carbocycles. The minimum Gasteiger partial charge on any atom is -0.408 e. The van der Waals surface area contributed by atoms with Crippen LogP contribution in [0.1, 0.15) is 32.1 Å². The molecule has 0 aliphatic heterocycles. The fraction of sp³-hybridized carbons (Fsp3) is 0.500. The Hall–Kier alpha value is -1.95. The molecule has 1 saturated carbocycles. The van der Waals surface area contributed by atoms with E-state index < -0.39 is 11.4 Å². The van der Waals surface area contributed by atoms with Crippen molar-refractivity contribution in [2.45, 2.75) is 37.7 Å². The highest BCUT2D eigenvalue weighted by Gasteiger charge is 2.28. The van der Waals surface area contributed by atoms with Gasteiger partial charge in [0.1, 0.15) is 0 Å². The van der Waals surface area contributed by atoms with Crippen LogP contribution in [0.15, 0.2) is 21.3 Å². The largest absolute Gasteiger partial charge is 0.417 e. The number of rotatable bonds is 3. The molecule has 1 aromatic heterocycles. The SMILES string of the molecule is Nc1cc2oc(=O)[nH]c2cc1NCC1(O)CCCCC1. The van der Waals surface area contributed by atoms with Crippen molar-refractivity contribution in [3.8, 4) is 0 Å². The Morgan fingerprint density at radius 3 is 2.85 bits per heavy atom. The molecule has 6 heteroatoms. The van der Waals surface area contributed by atoms with Gasteiger partial charge in [-0.05, 0) is 18.9 Å². The predicted octanol–water partition coefficient (Wildman–Crippen LogP) is 1.81. The van der Waals surface area contributed by atoms with Crippen LogP contribution in [0.25, 0.3) is 11.1 Å². The number of hydrogen-bond donors (Lipinski definition) is 4. The second-order valence-electron chi connectivity index (χ2n) is 5.59. The molecule has 108 valence electrons. The van der Waals surface area contributed by atoms with E-state index in [0.29, 0.717) is 29.0 Å². The number of benzene rings is 1. The summed E-state index contributed by atoms with van der Waals surface area (Å²) in [6.45, 7) is 0.463. The van der Waals surface area contributed by atoms with Crippen molar-refractivity contribution in [1.82, 2.24) is 4.98 Å². The third kappa shape index (κ3) is 2.51. The summed E-state index contributed by atoms with van der Waals surface area (Å²) in [6, 6.07) is 3.35. The molecule has 0 bridgehead atoms. The zero-order valence-corrected chi connectivity index (χ0v) is 11.2. The van der Waals surface area contributed by atoms with Gasteiger partial charge in [0.2, 0.25) is 0 Å². The number of aromatic nitrogens is 1. The fourth-order valence-electron chi connectivity index (χ4n) is 2.81. The van der Waals surface area contributed by atoms with E-state index in [1.807, 2.05) is 0 Å². The van der Waals surface area contributed by atoms with E-state index in [-0.39, 0.29) is 0 Å². The number of fused-ring (bicyclic) bond motifs is 1. The molecule has 0 atom stereocenters. The maximum atomic E-state index is 11.1. The molecule has 6 nitrogen and oxygen atoms in total. The number of aromatic amines is 1. The highest BCUT2D eigenvalue weighted by atomic mass is 16.4. The number of nitrogens with one attached hydrogen (secondary N) is 2. The zero-order valence-electron chi connectivity index (χ0n) is 11.2. The van der Waals surface area contributed by atoms with Crippen molar-refractivity contribution < 1.29 is 9.52 Å². The number of hydrogen-bond acceptors (Lipinski definition) is 5. The molecule has 0 unspecified atom stereocenters. The third-order valence-electron chi connectivity index (χ3n) is 3.98. The van der Waals surface area contributed by atoms with Gasteiger partial charge in [0, 0.05) is 12.6 Å². The molecular formula is C14H19N3O3. The smallest absolute Gasteiger partial charge is 0.408 e. The zero-order chi connectivity index (χ0) is 14.2. The number of anilines is 2. The quantitative estimate of drug-likeness (QED) is 0.640. The van der Waals surface area contributed by atoms with Gasteiger partial charge >= 0.3 is 5.76 Å². The summed E-state index contributed by atoms with van der Waals surface area (Å²) in [7, 11) is 0. The number of nitrogen functional groups attached to an aromatic ring is 1. The van der Waals surface area contributed by atoms with Crippen LogP contribution in [0.2, 0.25) is 0 Å². The lowest BCUT2D eigenvalue weighted by Gasteiger charge is -2.32. The van der Waals surface area contributed by atoms with E-state index in [1.54, 1.807) is 12.1 Å². The highest BCUT2D eigenvalue weighted by Crippen LogP contribution is 2.30. The van der Waals surface area contributed by atoms with Gasteiger partial charge in [0.05, 0.1) is 22.5 Å². The Morgan fingerprint density at radius 1 is 1.35 bits per heavy atom. The maximum Gasteiger partial charge on any atom is 0.417 e. The molecule has 20 heavy (non-hydrogen) atoms. The lowest BCUT2D eigenvalue weighted by atomic mass is 9.85. The monoisotopic (exact) mass is 277 g/mol. The number of aliphatic hydroxyl groups is 1. The summed E-state index contributed by atoms with van der Waals surface area (Å²) < 4.78 is 4.95. The lowest BCUT2D eigenvalue weighted by molar-refractivity contribution is 0.0167. The van der Waals surface area contributed by atoms with E-state index in [2.05, 4.69) is 10.3 Å². The first kappa shape index (κ1) is 13.1. The standard InChI is InChI=1S/C14H19N3O3/c15-9-6-12-11(17-13(18)20-12)7-10(9)16-8-14(19)4-2-1-3-5-14/h6-7,16,19H,1-5,8,15H2,(H,17,18). The summed E-state index contributed by atoms with van der Waals surface area (Å²) in [5.74, 6) is -0.498. The Bertz CT molecular complexity index is 668. The van der Waals surface area contributed by atoms with E-state index in [0.717, 1.165) is 25.7 Å². The van der Waals surface area contributed by atoms with E-state index >= 15 is 0 Å². The molecule has 1 heterocycles. The molecule has 0 spiro atoms. The topological polar surface area (TPSA) is 104 Å². The molecule has 2 aromatic rings. The Kier molecular flexibility index (Phi) is 3.17. The second kappa shape index (κ2) is 4.86. The lowest BCUT2D eigenvalue weighted by Crippen LogP contribution is -2.38.